The topological polar surface area (TPSA) is 21.3 Å². The molecule has 1 N–H and O–H groups in total. The van der Waals surface area contributed by atoms with Crippen molar-refractivity contribution in [3.8, 4) is 0 Å². The molecule has 2 atom stereocenters. The maximum atomic E-state index is 14.2. The first-order valence-corrected chi connectivity index (χ1v) is 7.05. The Morgan fingerprint density at radius 3 is 2.56 bits per heavy atom. The minimum atomic E-state index is -0.220. The van der Waals surface area contributed by atoms with Gasteiger partial charge in [0.05, 0.1) is 16.6 Å². The summed E-state index contributed by atoms with van der Waals surface area (Å²) in [4.78, 5) is 0. The smallest absolute Gasteiger partial charge is 0.142 e. The van der Waals surface area contributed by atoms with Gasteiger partial charge < -0.3 is 10.1 Å². The number of hydrogen-bond donors (Lipinski definition) is 1. The van der Waals surface area contributed by atoms with Gasteiger partial charge in [-0.15, -0.1) is 0 Å². The standard InChI is InChI=1S/C14H21BrFNO/c1-5-18-14(9(2)3)13(17-4)10-7-6-8-11(15)12(10)16/h6-9,13-14,17H,5H2,1-4H3. The third-order valence-electron chi connectivity index (χ3n) is 2.97. The largest absolute Gasteiger partial charge is 0.376 e. The molecule has 0 aliphatic carbocycles. The predicted molar refractivity (Wildman–Crippen MR) is 76.2 cm³/mol. The van der Waals surface area contributed by atoms with Gasteiger partial charge in [0.25, 0.3) is 0 Å². The van der Waals surface area contributed by atoms with E-state index in [9.17, 15) is 4.39 Å². The summed E-state index contributed by atoms with van der Waals surface area (Å²) in [5, 5.41) is 3.17. The second kappa shape index (κ2) is 7.22. The van der Waals surface area contributed by atoms with Gasteiger partial charge in [0.1, 0.15) is 5.82 Å². The van der Waals surface area contributed by atoms with Crippen molar-refractivity contribution in [1.82, 2.24) is 5.32 Å². The molecular weight excluding hydrogens is 297 g/mol. The van der Waals surface area contributed by atoms with E-state index in [1.165, 1.54) is 0 Å². The second-order valence-electron chi connectivity index (χ2n) is 4.57. The first-order chi connectivity index (χ1) is 8.52. The Morgan fingerprint density at radius 1 is 1.39 bits per heavy atom. The molecule has 0 spiro atoms. The Hall–Kier alpha value is -0.450. The molecule has 0 fully saturated rings. The highest BCUT2D eigenvalue weighted by Gasteiger charge is 2.27. The van der Waals surface area contributed by atoms with Crippen molar-refractivity contribution < 1.29 is 9.13 Å². The van der Waals surface area contributed by atoms with Crippen LogP contribution < -0.4 is 5.32 Å². The van der Waals surface area contributed by atoms with Crippen LogP contribution >= 0.6 is 15.9 Å². The molecule has 102 valence electrons. The van der Waals surface area contributed by atoms with Crippen LogP contribution in [0.5, 0.6) is 0 Å². The highest BCUT2D eigenvalue weighted by molar-refractivity contribution is 9.10. The zero-order valence-corrected chi connectivity index (χ0v) is 12.9. The molecule has 0 amide bonds. The van der Waals surface area contributed by atoms with Crippen molar-refractivity contribution in [2.24, 2.45) is 5.92 Å². The molecule has 2 nitrogen and oxygen atoms in total. The monoisotopic (exact) mass is 317 g/mol. The van der Waals surface area contributed by atoms with Gasteiger partial charge in [0, 0.05) is 12.2 Å². The van der Waals surface area contributed by atoms with Gasteiger partial charge >= 0.3 is 0 Å². The summed E-state index contributed by atoms with van der Waals surface area (Å²) in [5.74, 6) is 0.0861. The Balaban J connectivity index is 3.10. The lowest BCUT2D eigenvalue weighted by molar-refractivity contribution is 0.00378. The number of benzene rings is 1. The van der Waals surface area contributed by atoms with Crippen LogP contribution in [0.2, 0.25) is 0 Å². The Bertz CT molecular complexity index is 384. The summed E-state index contributed by atoms with van der Waals surface area (Å²) in [6.07, 6.45) is -0.0520. The Labute approximate surface area is 117 Å². The Morgan fingerprint density at radius 2 is 2.06 bits per heavy atom. The lowest BCUT2D eigenvalue weighted by Crippen LogP contribution is -2.36. The second-order valence-corrected chi connectivity index (χ2v) is 5.43. The summed E-state index contributed by atoms with van der Waals surface area (Å²) in [5.41, 5.74) is 0.638. The van der Waals surface area contributed by atoms with Crippen LogP contribution in [0.3, 0.4) is 0 Å². The van der Waals surface area contributed by atoms with Gasteiger partial charge in [-0.25, -0.2) is 4.39 Å². The summed E-state index contributed by atoms with van der Waals surface area (Å²) < 4.78 is 20.4. The van der Waals surface area contributed by atoms with Crippen LogP contribution in [0, 0.1) is 11.7 Å². The molecular formula is C14H21BrFNO. The fourth-order valence-corrected chi connectivity index (χ4v) is 2.50. The van der Waals surface area contributed by atoms with Crippen LogP contribution in [0.15, 0.2) is 22.7 Å². The number of ether oxygens (including phenoxy) is 1. The van der Waals surface area contributed by atoms with Crippen molar-refractivity contribution >= 4 is 15.9 Å². The lowest BCUT2D eigenvalue weighted by Gasteiger charge is -2.30. The van der Waals surface area contributed by atoms with Crippen LogP contribution in [0.25, 0.3) is 0 Å². The van der Waals surface area contributed by atoms with E-state index < -0.39 is 0 Å². The van der Waals surface area contributed by atoms with E-state index in [1.54, 1.807) is 12.1 Å². The third kappa shape index (κ3) is 3.53. The van der Waals surface area contributed by atoms with E-state index in [4.69, 9.17) is 4.74 Å². The molecule has 2 unspecified atom stereocenters. The summed E-state index contributed by atoms with van der Waals surface area (Å²) in [6, 6.07) is 5.20. The number of rotatable bonds is 6. The van der Waals surface area contributed by atoms with Crippen molar-refractivity contribution in [1.29, 1.82) is 0 Å². The van der Waals surface area contributed by atoms with Crippen LogP contribution in [0.1, 0.15) is 32.4 Å². The molecule has 1 rings (SSSR count). The molecule has 0 saturated heterocycles. The molecule has 0 aliphatic heterocycles. The molecule has 18 heavy (non-hydrogen) atoms. The number of likely N-dealkylation sites (N-methyl/N-ethyl adjacent to an activating group) is 1. The highest BCUT2D eigenvalue weighted by Crippen LogP contribution is 2.29. The maximum absolute atomic E-state index is 14.2. The summed E-state index contributed by atoms with van der Waals surface area (Å²) in [6.45, 7) is 6.75. The predicted octanol–water partition coefficient (Wildman–Crippen LogP) is 3.91. The normalized spacial score (nSPS) is 14.8. The van der Waals surface area contributed by atoms with Gasteiger partial charge in [-0.05, 0) is 41.9 Å². The SMILES string of the molecule is CCOC(C(C)C)C(NC)c1cccc(Br)c1F. The van der Waals surface area contributed by atoms with E-state index in [1.807, 2.05) is 20.0 Å². The van der Waals surface area contributed by atoms with Crippen LogP contribution in [-0.2, 0) is 4.74 Å². The van der Waals surface area contributed by atoms with E-state index >= 15 is 0 Å². The first kappa shape index (κ1) is 15.6. The number of hydrogen-bond acceptors (Lipinski definition) is 2. The molecule has 1 aromatic carbocycles. The molecule has 0 aromatic heterocycles. The fourth-order valence-electron chi connectivity index (χ4n) is 2.12. The molecule has 4 heteroatoms. The zero-order valence-electron chi connectivity index (χ0n) is 11.3. The van der Waals surface area contributed by atoms with Crippen molar-refractivity contribution in [3.63, 3.8) is 0 Å². The fraction of sp³-hybridized carbons (Fsp3) is 0.571. The maximum Gasteiger partial charge on any atom is 0.142 e. The number of halogens is 2. The number of nitrogens with one attached hydrogen (secondary N) is 1. The third-order valence-corrected chi connectivity index (χ3v) is 3.58. The lowest BCUT2D eigenvalue weighted by atomic mass is 9.93. The quantitative estimate of drug-likeness (QED) is 0.859. The highest BCUT2D eigenvalue weighted by atomic mass is 79.9. The molecule has 0 saturated carbocycles. The molecule has 0 radical (unpaired) electrons. The van der Waals surface area contributed by atoms with Crippen molar-refractivity contribution in [2.45, 2.75) is 32.9 Å². The van der Waals surface area contributed by atoms with Gasteiger partial charge in [-0.3, -0.25) is 0 Å². The average molecular weight is 318 g/mol. The molecule has 0 heterocycles. The van der Waals surface area contributed by atoms with Crippen LogP contribution in [-0.4, -0.2) is 19.8 Å². The average Bonchev–Trinajstić information content (AvgIpc) is 2.33. The van der Waals surface area contributed by atoms with E-state index in [0.717, 1.165) is 0 Å². The van der Waals surface area contributed by atoms with E-state index in [-0.39, 0.29) is 18.0 Å². The van der Waals surface area contributed by atoms with Gasteiger partial charge in [0.2, 0.25) is 0 Å². The van der Waals surface area contributed by atoms with Crippen molar-refractivity contribution in [2.75, 3.05) is 13.7 Å². The first-order valence-electron chi connectivity index (χ1n) is 6.25. The van der Waals surface area contributed by atoms with E-state index in [0.29, 0.717) is 22.6 Å². The van der Waals surface area contributed by atoms with Gasteiger partial charge in [0.15, 0.2) is 0 Å². The van der Waals surface area contributed by atoms with Gasteiger partial charge in [-0.2, -0.15) is 0 Å². The molecule has 1 aromatic rings. The minimum Gasteiger partial charge on any atom is -0.376 e. The van der Waals surface area contributed by atoms with Crippen molar-refractivity contribution in [3.05, 3.63) is 34.1 Å². The summed E-state index contributed by atoms with van der Waals surface area (Å²) >= 11 is 3.23. The van der Waals surface area contributed by atoms with Gasteiger partial charge in [-0.1, -0.05) is 26.0 Å². The summed E-state index contributed by atoms with van der Waals surface area (Å²) in [7, 11) is 1.83. The van der Waals surface area contributed by atoms with E-state index in [2.05, 4.69) is 35.1 Å². The zero-order chi connectivity index (χ0) is 13.7. The molecule has 0 bridgehead atoms. The Kier molecular flexibility index (Phi) is 6.26. The van der Waals surface area contributed by atoms with Crippen LogP contribution in [0.4, 0.5) is 4.39 Å². The molecule has 0 aliphatic rings. The minimum absolute atomic E-state index is 0.0520.